The van der Waals surface area contributed by atoms with Crippen LogP contribution in [0.2, 0.25) is 0 Å². The van der Waals surface area contributed by atoms with Crippen LogP contribution in [-0.4, -0.2) is 44.8 Å². The normalized spacial score (nSPS) is 15.2. The molecule has 3 aromatic rings. The number of benzene rings is 3. The maximum Gasteiger partial charge on any atom is 0.161 e. The predicted molar refractivity (Wildman–Crippen MR) is 128 cm³/mol. The molecule has 0 amide bonds. The monoisotopic (exact) mass is 432 g/mol. The molecule has 1 atom stereocenters. The van der Waals surface area contributed by atoms with Crippen LogP contribution in [0.25, 0.3) is 0 Å². The molecule has 1 saturated heterocycles. The highest BCUT2D eigenvalue weighted by Crippen LogP contribution is 2.36. The minimum absolute atomic E-state index is 0.144. The van der Waals surface area contributed by atoms with E-state index in [-0.39, 0.29) is 6.04 Å². The Bertz CT molecular complexity index is 970. The Hall–Kier alpha value is -3.02. The second-order valence-electron chi connectivity index (χ2n) is 7.88. The molecular formula is C27H32N2O3. The molecule has 168 valence electrons. The van der Waals surface area contributed by atoms with Crippen molar-refractivity contribution < 1.29 is 14.2 Å². The molecule has 1 unspecified atom stereocenters. The van der Waals surface area contributed by atoms with E-state index in [1.165, 1.54) is 11.1 Å². The SMILES string of the molecule is CCOc1cc(C(c2ccc(OC)cc2)N2CCNCC2)ccc1OCc1ccccc1. The van der Waals surface area contributed by atoms with Crippen LogP contribution in [0.15, 0.2) is 72.8 Å². The van der Waals surface area contributed by atoms with Crippen LogP contribution >= 0.6 is 0 Å². The number of nitrogens with one attached hydrogen (secondary N) is 1. The van der Waals surface area contributed by atoms with Gasteiger partial charge in [0.25, 0.3) is 0 Å². The van der Waals surface area contributed by atoms with Crippen molar-refractivity contribution in [3.8, 4) is 17.2 Å². The smallest absolute Gasteiger partial charge is 0.161 e. The fraction of sp³-hybridized carbons (Fsp3) is 0.333. The molecule has 0 saturated carbocycles. The molecular weight excluding hydrogens is 400 g/mol. The van der Waals surface area contributed by atoms with Gasteiger partial charge in [-0.05, 0) is 47.9 Å². The van der Waals surface area contributed by atoms with Crippen molar-refractivity contribution in [1.82, 2.24) is 10.2 Å². The first-order chi connectivity index (χ1) is 15.8. The van der Waals surface area contributed by atoms with Gasteiger partial charge in [-0.15, -0.1) is 0 Å². The molecule has 0 aliphatic carbocycles. The van der Waals surface area contributed by atoms with E-state index in [1.54, 1.807) is 7.11 Å². The van der Waals surface area contributed by atoms with Crippen LogP contribution in [0, 0.1) is 0 Å². The summed E-state index contributed by atoms with van der Waals surface area (Å²) in [4.78, 5) is 2.52. The molecule has 5 heteroatoms. The zero-order valence-corrected chi connectivity index (χ0v) is 18.9. The predicted octanol–water partition coefficient (Wildman–Crippen LogP) is 4.67. The summed E-state index contributed by atoms with van der Waals surface area (Å²) in [5.74, 6) is 2.43. The summed E-state index contributed by atoms with van der Waals surface area (Å²) in [5, 5.41) is 3.46. The zero-order valence-electron chi connectivity index (χ0n) is 18.9. The zero-order chi connectivity index (χ0) is 22.2. The van der Waals surface area contributed by atoms with Gasteiger partial charge in [-0.2, -0.15) is 0 Å². The van der Waals surface area contributed by atoms with Crippen molar-refractivity contribution in [2.45, 2.75) is 19.6 Å². The summed E-state index contributed by atoms with van der Waals surface area (Å²) in [6.45, 7) is 7.07. The van der Waals surface area contributed by atoms with Gasteiger partial charge in [0, 0.05) is 26.2 Å². The Morgan fingerprint density at radius 2 is 1.56 bits per heavy atom. The van der Waals surface area contributed by atoms with E-state index < -0.39 is 0 Å². The maximum atomic E-state index is 6.13. The van der Waals surface area contributed by atoms with Gasteiger partial charge in [0.15, 0.2) is 11.5 Å². The van der Waals surface area contributed by atoms with E-state index >= 15 is 0 Å². The first-order valence-electron chi connectivity index (χ1n) is 11.3. The van der Waals surface area contributed by atoms with Gasteiger partial charge in [0.05, 0.1) is 19.8 Å². The van der Waals surface area contributed by atoms with Crippen molar-refractivity contribution >= 4 is 0 Å². The molecule has 0 bridgehead atoms. The van der Waals surface area contributed by atoms with E-state index in [2.05, 4.69) is 46.6 Å². The van der Waals surface area contributed by atoms with Crippen LogP contribution in [0.1, 0.15) is 29.7 Å². The fourth-order valence-corrected chi connectivity index (χ4v) is 4.16. The van der Waals surface area contributed by atoms with E-state index in [0.717, 1.165) is 49.0 Å². The fourth-order valence-electron chi connectivity index (χ4n) is 4.16. The number of rotatable bonds is 9. The van der Waals surface area contributed by atoms with Gasteiger partial charge in [0.1, 0.15) is 12.4 Å². The highest BCUT2D eigenvalue weighted by atomic mass is 16.5. The van der Waals surface area contributed by atoms with E-state index in [9.17, 15) is 0 Å². The number of ether oxygens (including phenoxy) is 3. The van der Waals surface area contributed by atoms with E-state index in [0.29, 0.717) is 13.2 Å². The van der Waals surface area contributed by atoms with Crippen molar-refractivity contribution in [1.29, 1.82) is 0 Å². The second-order valence-corrected chi connectivity index (χ2v) is 7.88. The molecule has 0 aromatic heterocycles. The molecule has 3 aromatic carbocycles. The lowest BCUT2D eigenvalue weighted by Crippen LogP contribution is -2.45. The number of hydrogen-bond acceptors (Lipinski definition) is 5. The van der Waals surface area contributed by atoms with Gasteiger partial charge in [0.2, 0.25) is 0 Å². The molecule has 1 aliphatic rings. The molecule has 32 heavy (non-hydrogen) atoms. The van der Waals surface area contributed by atoms with E-state index in [1.807, 2.05) is 43.3 Å². The molecule has 5 nitrogen and oxygen atoms in total. The van der Waals surface area contributed by atoms with Gasteiger partial charge in [-0.25, -0.2) is 0 Å². The highest BCUT2D eigenvalue weighted by Gasteiger charge is 2.25. The summed E-state index contributed by atoms with van der Waals surface area (Å²) in [6.07, 6.45) is 0. The number of hydrogen-bond donors (Lipinski definition) is 1. The number of piperazine rings is 1. The van der Waals surface area contributed by atoms with Crippen LogP contribution in [0.5, 0.6) is 17.2 Å². The van der Waals surface area contributed by atoms with Gasteiger partial charge < -0.3 is 19.5 Å². The lowest BCUT2D eigenvalue weighted by atomic mass is 9.96. The molecule has 1 heterocycles. The van der Waals surface area contributed by atoms with Crippen LogP contribution in [0.4, 0.5) is 0 Å². The van der Waals surface area contributed by atoms with E-state index in [4.69, 9.17) is 14.2 Å². The van der Waals surface area contributed by atoms with Crippen LogP contribution < -0.4 is 19.5 Å². The Morgan fingerprint density at radius 1 is 0.844 bits per heavy atom. The topological polar surface area (TPSA) is 43.0 Å². The second kappa shape index (κ2) is 11.0. The summed E-state index contributed by atoms with van der Waals surface area (Å²) < 4.78 is 17.5. The Morgan fingerprint density at radius 3 is 2.25 bits per heavy atom. The minimum atomic E-state index is 0.144. The molecule has 1 fully saturated rings. The molecule has 4 rings (SSSR count). The highest BCUT2D eigenvalue weighted by molar-refractivity contribution is 5.46. The van der Waals surface area contributed by atoms with Gasteiger partial charge in [-0.1, -0.05) is 48.5 Å². The molecule has 1 N–H and O–H groups in total. The third-order valence-electron chi connectivity index (χ3n) is 5.77. The average molecular weight is 433 g/mol. The van der Waals surface area contributed by atoms with Crippen LogP contribution in [-0.2, 0) is 6.61 Å². The lowest BCUT2D eigenvalue weighted by Gasteiger charge is -2.36. The number of methoxy groups -OCH3 is 1. The summed E-state index contributed by atoms with van der Waals surface area (Å²) in [5.41, 5.74) is 3.58. The summed E-state index contributed by atoms with van der Waals surface area (Å²) >= 11 is 0. The third-order valence-corrected chi connectivity index (χ3v) is 5.77. The summed E-state index contributed by atoms with van der Waals surface area (Å²) in [6, 6.07) is 25.1. The Labute approximate surface area is 190 Å². The first kappa shape index (κ1) is 22.2. The first-order valence-corrected chi connectivity index (χ1v) is 11.3. The van der Waals surface area contributed by atoms with Gasteiger partial charge in [-0.3, -0.25) is 4.90 Å². The molecule has 0 radical (unpaired) electrons. The van der Waals surface area contributed by atoms with Crippen molar-refractivity contribution in [2.75, 3.05) is 39.9 Å². The van der Waals surface area contributed by atoms with Crippen molar-refractivity contribution in [2.24, 2.45) is 0 Å². The Kier molecular flexibility index (Phi) is 7.64. The van der Waals surface area contributed by atoms with Crippen LogP contribution in [0.3, 0.4) is 0 Å². The molecule has 1 aliphatic heterocycles. The van der Waals surface area contributed by atoms with Crippen molar-refractivity contribution in [3.05, 3.63) is 89.5 Å². The third kappa shape index (κ3) is 5.42. The largest absolute Gasteiger partial charge is 0.497 e. The maximum absolute atomic E-state index is 6.13. The Balaban J connectivity index is 1.64. The minimum Gasteiger partial charge on any atom is -0.497 e. The lowest BCUT2D eigenvalue weighted by molar-refractivity contribution is 0.197. The number of nitrogens with zero attached hydrogens (tertiary/aromatic N) is 1. The molecule has 0 spiro atoms. The average Bonchev–Trinajstić information content (AvgIpc) is 2.86. The van der Waals surface area contributed by atoms with Gasteiger partial charge >= 0.3 is 0 Å². The standard InChI is InChI=1S/C27H32N2O3/c1-3-31-26-19-23(11-14-25(26)32-20-21-7-5-4-6-8-21)27(29-17-15-28-16-18-29)22-9-12-24(30-2)13-10-22/h4-14,19,27-28H,3,15-18,20H2,1-2H3. The quantitative estimate of drug-likeness (QED) is 0.532. The summed E-state index contributed by atoms with van der Waals surface area (Å²) in [7, 11) is 1.70. The van der Waals surface area contributed by atoms with Crippen molar-refractivity contribution in [3.63, 3.8) is 0 Å².